The van der Waals surface area contributed by atoms with Crippen LogP contribution in [0, 0.1) is 0 Å². The third kappa shape index (κ3) is 14.2. The van der Waals surface area contributed by atoms with Gasteiger partial charge in [0, 0.05) is 25.3 Å². The van der Waals surface area contributed by atoms with Crippen LogP contribution in [0.3, 0.4) is 0 Å². The van der Waals surface area contributed by atoms with Crippen LogP contribution in [0.2, 0.25) is 0 Å². The third-order valence-electron chi connectivity index (χ3n) is 6.00. The monoisotopic (exact) mass is 445 g/mol. The van der Waals surface area contributed by atoms with E-state index in [-0.39, 0.29) is 11.8 Å². The molecule has 1 aromatic carbocycles. The van der Waals surface area contributed by atoms with Gasteiger partial charge in [0.25, 0.3) is 0 Å². The van der Waals surface area contributed by atoms with Gasteiger partial charge in [-0.3, -0.25) is 9.59 Å². The standard InChI is InChI=1S/C27H47N3O2/c1-4-5-6-7-8-9-10-11-12-13-14-15-16-17-22-28-23-27(32)29-25-18-20-26(21-19-25)30(3)24(2)31/h18-21,28H,4-17,22-23H2,1-3H3,(H,29,32). The summed E-state index contributed by atoms with van der Waals surface area (Å²) in [7, 11) is 1.73. The van der Waals surface area contributed by atoms with Crippen molar-refractivity contribution in [3.63, 3.8) is 0 Å². The maximum atomic E-state index is 12.0. The van der Waals surface area contributed by atoms with Crippen LogP contribution in [0.4, 0.5) is 11.4 Å². The number of carbonyl (C=O) groups is 2. The quantitative estimate of drug-likeness (QED) is 0.234. The van der Waals surface area contributed by atoms with E-state index in [0.29, 0.717) is 6.54 Å². The molecule has 1 aromatic rings. The maximum Gasteiger partial charge on any atom is 0.238 e. The van der Waals surface area contributed by atoms with Crippen LogP contribution in [0.15, 0.2) is 24.3 Å². The molecule has 0 saturated heterocycles. The molecule has 0 aliphatic heterocycles. The zero-order valence-corrected chi connectivity index (χ0v) is 20.9. The van der Waals surface area contributed by atoms with E-state index in [4.69, 9.17) is 0 Å². The van der Waals surface area contributed by atoms with Crippen LogP contribution in [0.25, 0.3) is 0 Å². The Hall–Kier alpha value is -1.88. The van der Waals surface area contributed by atoms with Crippen molar-refractivity contribution in [3.8, 4) is 0 Å². The Balaban J connectivity index is 1.92. The molecule has 2 N–H and O–H groups in total. The first kappa shape index (κ1) is 28.2. The molecule has 0 aliphatic carbocycles. The predicted molar refractivity (Wildman–Crippen MR) is 137 cm³/mol. The molecular weight excluding hydrogens is 398 g/mol. The van der Waals surface area contributed by atoms with E-state index in [9.17, 15) is 9.59 Å². The fourth-order valence-electron chi connectivity index (χ4n) is 3.80. The molecule has 0 saturated carbocycles. The summed E-state index contributed by atoms with van der Waals surface area (Å²) in [4.78, 5) is 25.0. The normalized spacial score (nSPS) is 10.8. The Kier molecular flexibility index (Phi) is 16.4. The molecule has 0 radical (unpaired) electrons. The Labute approximate surface area is 196 Å². The van der Waals surface area contributed by atoms with E-state index in [0.717, 1.165) is 24.3 Å². The summed E-state index contributed by atoms with van der Waals surface area (Å²) in [5.41, 5.74) is 1.56. The highest BCUT2D eigenvalue weighted by Crippen LogP contribution is 2.17. The summed E-state index contributed by atoms with van der Waals surface area (Å²) < 4.78 is 0. The lowest BCUT2D eigenvalue weighted by molar-refractivity contribution is -0.116. The molecule has 5 heteroatoms. The molecule has 182 valence electrons. The Morgan fingerprint density at radius 1 is 0.750 bits per heavy atom. The molecule has 0 spiro atoms. The van der Waals surface area contributed by atoms with Crippen LogP contribution < -0.4 is 15.5 Å². The molecule has 5 nitrogen and oxygen atoms in total. The average Bonchev–Trinajstić information content (AvgIpc) is 2.78. The number of carbonyl (C=O) groups excluding carboxylic acids is 2. The van der Waals surface area contributed by atoms with Crippen molar-refractivity contribution in [1.29, 1.82) is 0 Å². The second-order valence-electron chi connectivity index (χ2n) is 8.95. The number of benzene rings is 1. The molecule has 0 aromatic heterocycles. The fraction of sp³-hybridized carbons (Fsp3) is 0.704. The summed E-state index contributed by atoms with van der Waals surface area (Å²) in [6.45, 7) is 5.01. The Bertz CT molecular complexity index is 616. The van der Waals surface area contributed by atoms with E-state index >= 15 is 0 Å². The zero-order chi connectivity index (χ0) is 23.4. The summed E-state index contributed by atoms with van der Waals surface area (Å²) >= 11 is 0. The zero-order valence-electron chi connectivity index (χ0n) is 20.9. The van der Waals surface area contributed by atoms with Gasteiger partial charge in [-0.05, 0) is 37.2 Å². The molecule has 0 unspecified atom stereocenters. The fourth-order valence-corrected chi connectivity index (χ4v) is 3.80. The van der Waals surface area contributed by atoms with Crippen LogP contribution >= 0.6 is 0 Å². The number of unbranched alkanes of at least 4 members (excludes halogenated alkanes) is 13. The molecule has 0 fully saturated rings. The molecule has 32 heavy (non-hydrogen) atoms. The van der Waals surface area contributed by atoms with Crippen LogP contribution in [-0.2, 0) is 9.59 Å². The second kappa shape index (κ2) is 18.7. The van der Waals surface area contributed by atoms with Crippen molar-refractivity contribution in [2.24, 2.45) is 0 Å². The van der Waals surface area contributed by atoms with E-state index in [2.05, 4.69) is 17.6 Å². The Morgan fingerprint density at radius 2 is 1.22 bits per heavy atom. The van der Waals surface area contributed by atoms with E-state index in [1.165, 1.54) is 90.4 Å². The molecule has 0 atom stereocenters. The van der Waals surface area contributed by atoms with E-state index < -0.39 is 0 Å². The Morgan fingerprint density at radius 3 is 1.69 bits per heavy atom. The van der Waals surface area contributed by atoms with Gasteiger partial charge in [-0.1, -0.05) is 90.4 Å². The summed E-state index contributed by atoms with van der Waals surface area (Å²) in [5.74, 6) is -0.0579. The van der Waals surface area contributed by atoms with Gasteiger partial charge in [-0.2, -0.15) is 0 Å². The first-order chi connectivity index (χ1) is 15.5. The molecule has 0 aliphatic rings. The molecule has 0 heterocycles. The van der Waals surface area contributed by atoms with Gasteiger partial charge in [-0.15, -0.1) is 0 Å². The summed E-state index contributed by atoms with van der Waals surface area (Å²) in [6.07, 6.45) is 19.0. The topological polar surface area (TPSA) is 61.4 Å². The van der Waals surface area contributed by atoms with E-state index in [1.807, 2.05) is 24.3 Å². The summed E-state index contributed by atoms with van der Waals surface area (Å²) in [6, 6.07) is 7.30. The van der Waals surface area contributed by atoms with Crippen molar-refractivity contribution in [3.05, 3.63) is 24.3 Å². The number of rotatable bonds is 19. The molecular formula is C27H47N3O2. The lowest BCUT2D eigenvalue weighted by atomic mass is 10.0. The number of nitrogens with zero attached hydrogens (tertiary/aromatic N) is 1. The number of nitrogens with one attached hydrogen (secondary N) is 2. The maximum absolute atomic E-state index is 12.0. The predicted octanol–water partition coefficient (Wildman–Crippen LogP) is 6.68. The van der Waals surface area contributed by atoms with Crippen molar-refractivity contribution >= 4 is 23.2 Å². The number of anilines is 2. The largest absolute Gasteiger partial charge is 0.325 e. The highest BCUT2D eigenvalue weighted by atomic mass is 16.2. The van der Waals surface area contributed by atoms with Crippen molar-refractivity contribution < 1.29 is 9.59 Å². The smallest absolute Gasteiger partial charge is 0.238 e. The van der Waals surface area contributed by atoms with Crippen molar-refractivity contribution in [1.82, 2.24) is 5.32 Å². The van der Waals surface area contributed by atoms with Gasteiger partial charge in [0.1, 0.15) is 0 Å². The van der Waals surface area contributed by atoms with Gasteiger partial charge in [0.2, 0.25) is 11.8 Å². The number of amides is 2. The van der Waals surface area contributed by atoms with Crippen LogP contribution in [-0.4, -0.2) is 32.0 Å². The van der Waals surface area contributed by atoms with Crippen LogP contribution in [0.1, 0.15) is 104 Å². The van der Waals surface area contributed by atoms with Gasteiger partial charge >= 0.3 is 0 Å². The van der Waals surface area contributed by atoms with Crippen molar-refractivity contribution in [2.75, 3.05) is 30.4 Å². The number of hydrogen-bond donors (Lipinski definition) is 2. The first-order valence-electron chi connectivity index (χ1n) is 12.9. The second-order valence-corrected chi connectivity index (χ2v) is 8.95. The third-order valence-corrected chi connectivity index (χ3v) is 6.00. The number of hydrogen-bond acceptors (Lipinski definition) is 3. The molecule has 0 bridgehead atoms. The average molecular weight is 446 g/mol. The minimum absolute atomic E-state index is 0.0190. The molecule has 1 rings (SSSR count). The minimum Gasteiger partial charge on any atom is -0.325 e. The molecule has 2 amide bonds. The van der Waals surface area contributed by atoms with Gasteiger partial charge in [-0.25, -0.2) is 0 Å². The first-order valence-corrected chi connectivity index (χ1v) is 12.9. The van der Waals surface area contributed by atoms with E-state index in [1.54, 1.807) is 11.9 Å². The van der Waals surface area contributed by atoms with Crippen LogP contribution in [0.5, 0.6) is 0 Å². The lowest BCUT2D eigenvalue weighted by Gasteiger charge is -2.15. The summed E-state index contributed by atoms with van der Waals surface area (Å²) in [5, 5.41) is 6.11. The van der Waals surface area contributed by atoms with Gasteiger partial charge in [0.15, 0.2) is 0 Å². The lowest BCUT2D eigenvalue weighted by Crippen LogP contribution is -2.28. The SMILES string of the molecule is CCCCCCCCCCCCCCCCNCC(=O)Nc1ccc(N(C)C(C)=O)cc1. The highest BCUT2D eigenvalue weighted by molar-refractivity contribution is 5.93. The highest BCUT2D eigenvalue weighted by Gasteiger charge is 2.06. The van der Waals surface area contributed by atoms with Crippen molar-refractivity contribution in [2.45, 2.75) is 104 Å². The van der Waals surface area contributed by atoms with Gasteiger partial charge in [0.05, 0.1) is 6.54 Å². The minimum atomic E-state index is -0.0389. The van der Waals surface area contributed by atoms with Gasteiger partial charge < -0.3 is 15.5 Å².